The van der Waals surface area contributed by atoms with Crippen molar-refractivity contribution >= 4 is 66.9 Å². The number of likely N-dealkylation sites (N-methyl/N-ethyl adjacent to an activating group) is 2. The van der Waals surface area contributed by atoms with E-state index >= 15 is 0 Å². The second-order valence-corrected chi connectivity index (χ2v) is 25.4. The van der Waals surface area contributed by atoms with Crippen LogP contribution in [0.25, 0.3) is 22.1 Å². The molecule has 6 heterocycles. The van der Waals surface area contributed by atoms with Crippen LogP contribution in [0.3, 0.4) is 0 Å². The molecule has 2 aliphatic heterocycles. The van der Waals surface area contributed by atoms with E-state index in [0.29, 0.717) is 23.0 Å². The number of aromatic amines is 1. The topological polar surface area (TPSA) is 119 Å². The summed E-state index contributed by atoms with van der Waals surface area (Å²) in [5.74, 6) is 2.25. The summed E-state index contributed by atoms with van der Waals surface area (Å²) >= 11 is 12.9. The highest BCUT2D eigenvalue weighted by atomic mass is 35.5. The molecule has 15 heteroatoms. The quantitative estimate of drug-likeness (QED) is 0.0832. The SMILES string of the molecule is C[C@@H]1CCN(C(c2ccccc2)(c2ccccc2)c2ccccc2)C[C@@H]1N(C)c1nc(Cl)nc2[nH]ccc12.Cc1ccc(S(=O)(=O)n2ccc3c(N(C)[C@H]4CN(C(c5ccccc5)(c5ccccc5)c5ccccc5)CC[C@H]4C)nc(Cl)nc32)cc1. The van der Waals surface area contributed by atoms with Crippen LogP contribution in [0.1, 0.15) is 65.6 Å². The molecule has 0 saturated carbocycles. The number of halogens is 2. The molecule has 2 saturated heterocycles. The molecule has 0 aliphatic carbocycles. The summed E-state index contributed by atoms with van der Waals surface area (Å²) in [7, 11) is 0.263. The van der Waals surface area contributed by atoms with Crippen molar-refractivity contribution in [1.82, 2.24) is 38.7 Å². The highest BCUT2D eigenvalue weighted by molar-refractivity contribution is 7.90. The largest absolute Gasteiger partial charge is 0.354 e. The number of hydrogen-bond acceptors (Lipinski definition) is 10. The van der Waals surface area contributed by atoms with E-state index in [1.807, 2.05) is 26.2 Å². The Morgan fingerprint density at radius 3 is 1.26 bits per heavy atom. The van der Waals surface area contributed by atoms with Gasteiger partial charge in [-0.25, -0.2) is 12.4 Å². The van der Waals surface area contributed by atoms with Crippen LogP contribution < -0.4 is 9.80 Å². The van der Waals surface area contributed by atoms with Crippen molar-refractivity contribution in [2.24, 2.45) is 11.8 Å². The Bertz CT molecular complexity index is 3990. The molecule has 0 unspecified atom stereocenters. The molecule has 4 atom stereocenters. The molecule has 86 heavy (non-hydrogen) atoms. The van der Waals surface area contributed by atoms with E-state index in [1.165, 1.54) is 37.4 Å². The van der Waals surface area contributed by atoms with Gasteiger partial charge in [-0.3, -0.25) is 9.80 Å². The molecule has 0 spiro atoms. The Labute approximate surface area is 514 Å². The van der Waals surface area contributed by atoms with E-state index < -0.39 is 21.1 Å². The summed E-state index contributed by atoms with van der Waals surface area (Å²) in [5.41, 5.74) is 8.42. The highest BCUT2D eigenvalue weighted by Crippen LogP contribution is 2.47. The van der Waals surface area contributed by atoms with Crippen molar-refractivity contribution < 1.29 is 8.42 Å². The zero-order valence-electron chi connectivity index (χ0n) is 49.0. The van der Waals surface area contributed by atoms with Crippen LogP contribution in [0.4, 0.5) is 11.6 Å². The smallest absolute Gasteiger partial charge is 0.269 e. The van der Waals surface area contributed by atoms with Gasteiger partial charge in [-0.05, 0) is 112 Å². The molecule has 0 amide bonds. The molecule has 12 nitrogen and oxygen atoms in total. The van der Waals surface area contributed by atoms with Crippen LogP contribution in [-0.2, 0) is 21.1 Å². The average Bonchev–Trinajstić information content (AvgIpc) is 1.05. The van der Waals surface area contributed by atoms with Gasteiger partial charge in [-0.2, -0.15) is 19.9 Å². The van der Waals surface area contributed by atoms with Gasteiger partial charge in [0.05, 0.1) is 26.7 Å². The number of nitrogens with one attached hydrogen (secondary N) is 1. The zero-order chi connectivity index (χ0) is 59.6. The first-order valence-corrected chi connectivity index (χ1v) is 31.7. The van der Waals surface area contributed by atoms with Crippen LogP contribution in [0.5, 0.6) is 0 Å². The van der Waals surface area contributed by atoms with Crippen LogP contribution in [-0.4, -0.2) is 99.5 Å². The van der Waals surface area contributed by atoms with E-state index in [9.17, 15) is 8.42 Å². The van der Waals surface area contributed by atoms with Gasteiger partial charge in [0, 0.05) is 64.8 Å². The number of anilines is 2. The van der Waals surface area contributed by atoms with Crippen molar-refractivity contribution in [2.45, 2.75) is 61.7 Å². The lowest BCUT2D eigenvalue weighted by Crippen LogP contribution is -2.58. The predicted molar refractivity (Wildman–Crippen MR) is 349 cm³/mol. The summed E-state index contributed by atoms with van der Waals surface area (Å²) in [4.78, 5) is 31.3. The molecule has 0 bridgehead atoms. The third-order valence-electron chi connectivity index (χ3n) is 18.0. The van der Waals surface area contributed by atoms with Gasteiger partial charge in [-0.1, -0.05) is 214 Å². The number of benzene rings is 7. The van der Waals surface area contributed by atoms with E-state index in [-0.39, 0.29) is 33.2 Å². The number of rotatable bonds is 14. The van der Waals surface area contributed by atoms with Crippen molar-refractivity contribution in [3.8, 4) is 0 Å². The second kappa shape index (κ2) is 24.7. The number of piperidine rings is 2. The first-order valence-electron chi connectivity index (χ1n) is 29.5. The summed E-state index contributed by atoms with van der Waals surface area (Å²) in [6, 6.07) is 75.9. The van der Waals surface area contributed by atoms with E-state index in [2.05, 4.69) is 242 Å². The van der Waals surface area contributed by atoms with Crippen molar-refractivity contribution in [1.29, 1.82) is 0 Å². The minimum Gasteiger partial charge on any atom is -0.354 e. The van der Waals surface area contributed by atoms with Crippen molar-refractivity contribution in [3.05, 3.63) is 280 Å². The fourth-order valence-corrected chi connectivity index (χ4v) is 15.2. The van der Waals surface area contributed by atoms with E-state index in [1.54, 1.807) is 36.5 Å². The van der Waals surface area contributed by atoms with Gasteiger partial charge in [0.1, 0.15) is 17.3 Å². The number of likely N-dealkylation sites (tertiary alicyclic amines) is 2. The van der Waals surface area contributed by atoms with Crippen LogP contribution in [0.15, 0.2) is 236 Å². The number of hydrogen-bond donors (Lipinski definition) is 1. The van der Waals surface area contributed by atoms with E-state index in [0.717, 1.165) is 61.4 Å². The zero-order valence-corrected chi connectivity index (χ0v) is 51.3. The maximum absolute atomic E-state index is 13.8. The third kappa shape index (κ3) is 10.7. The molecule has 13 rings (SSSR count). The number of fused-ring (bicyclic) bond motifs is 2. The second-order valence-electron chi connectivity index (χ2n) is 22.9. The summed E-state index contributed by atoms with van der Waals surface area (Å²) in [6.45, 7) is 10.0. The summed E-state index contributed by atoms with van der Waals surface area (Å²) in [6.07, 6.45) is 5.46. The first kappa shape index (κ1) is 58.2. The minimum absolute atomic E-state index is 0.00377. The molecule has 7 aromatic carbocycles. The van der Waals surface area contributed by atoms with Gasteiger partial charge in [0.15, 0.2) is 5.65 Å². The summed E-state index contributed by atoms with van der Waals surface area (Å²) < 4.78 is 28.7. The number of nitrogens with zero attached hydrogens (tertiary/aromatic N) is 9. The minimum atomic E-state index is -3.91. The molecule has 1 N–H and O–H groups in total. The predicted octanol–water partition coefficient (Wildman–Crippen LogP) is 14.5. The normalized spacial score (nSPS) is 17.9. The highest BCUT2D eigenvalue weighted by Gasteiger charge is 2.48. The Kier molecular flexibility index (Phi) is 16.7. The number of aromatic nitrogens is 6. The lowest BCUT2D eigenvalue weighted by molar-refractivity contribution is 0.0897. The molecule has 436 valence electrons. The van der Waals surface area contributed by atoms with Gasteiger partial charge < -0.3 is 14.8 Å². The fourth-order valence-electron chi connectivity index (χ4n) is 13.6. The van der Waals surface area contributed by atoms with Crippen molar-refractivity contribution in [3.63, 3.8) is 0 Å². The molecule has 11 aromatic rings. The van der Waals surface area contributed by atoms with Crippen molar-refractivity contribution in [2.75, 3.05) is 50.1 Å². The van der Waals surface area contributed by atoms with Crippen LogP contribution in [0.2, 0.25) is 10.6 Å². The fraction of sp³-hybridized carbons (Fsp3) is 0.239. The average molecular weight is 1200 g/mol. The maximum atomic E-state index is 13.8. The molecular weight excluding hydrogens is 1130 g/mol. The lowest BCUT2D eigenvalue weighted by atomic mass is 9.74. The van der Waals surface area contributed by atoms with Crippen LogP contribution >= 0.6 is 23.2 Å². The molecule has 2 aliphatic rings. The Hall–Kier alpha value is -8.17. The van der Waals surface area contributed by atoms with Crippen LogP contribution in [0, 0.1) is 18.8 Å². The van der Waals surface area contributed by atoms with Gasteiger partial charge in [0.2, 0.25) is 10.6 Å². The van der Waals surface area contributed by atoms with Gasteiger partial charge in [-0.15, -0.1) is 0 Å². The maximum Gasteiger partial charge on any atom is 0.269 e. The number of H-pyrrole nitrogens is 1. The third-order valence-corrected chi connectivity index (χ3v) is 20.0. The monoisotopic (exact) mass is 1200 g/mol. The molecule has 0 radical (unpaired) electrons. The summed E-state index contributed by atoms with van der Waals surface area (Å²) in [5, 5.41) is 1.87. The van der Waals surface area contributed by atoms with Gasteiger partial charge in [0.25, 0.3) is 10.0 Å². The first-order chi connectivity index (χ1) is 41.8. The van der Waals surface area contributed by atoms with Gasteiger partial charge >= 0.3 is 0 Å². The Balaban J connectivity index is 0.000000173. The molecule has 2 fully saturated rings. The lowest BCUT2D eigenvalue weighted by Gasteiger charge is -2.52. The Morgan fingerprint density at radius 1 is 0.488 bits per heavy atom. The molecule has 4 aromatic heterocycles. The van der Waals surface area contributed by atoms with E-state index in [4.69, 9.17) is 28.2 Å². The Morgan fingerprint density at radius 2 is 0.860 bits per heavy atom. The standard InChI is InChI=1S/C39H38ClN5O2S.C32H32ClN5/c1-28-19-21-33(22-20-28)48(46,47)45-26-24-34-36(41-38(40)42-37(34)45)43(3)35-27-44(25-23-29(35)2)39(30-13-7-4-8-14-30,31-15-9-5-10-16-31)32-17-11-6-12-18-32;1-23-19-21-38(22-28(23)37(2)30-27-18-20-34-29(27)35-31(33)36-30)32(24-12-6-3-7-13-24,25-14-8-4-9-15-25)26-16-10-5-11-17-26/h4-22,24,26,29,35H,23,25,27H2,1-3H3;3-18,20,23,28H,19,21-22H2,1-2H3,(H,34,35,36)/t29-,35+;23-,28+/m11/s1. The number of aryl methyl sites for hydroxylation is 1. The molecular formula is C71H70Cl2N10O2S.